The van der Waals surface area contributed by atoms with Crippen LogP contribution in [0.25, 0.3) is 0 Å². The highest BCUT2D eigenvalue weighted by Crippen LogP contribution is 2.27. The molecule has 2 rings (SSSR count). The molecule has 1 saturated carbocycles. The minimum atomic E-state index is -0.430. The summed E-state index contributed by atoms with van der Waals surface area (Å²) in [6, 6.07) is 1.05. The lowest BCUT2D eigenvalue weighted by Crippen LogP contribution is -2.47. The lowest BCUT2D eigenvalue weighted by atomic mass is 9.87. The van der Waals surface area contributed by atoms with Crippen LogP contribution in [0.5, 0.6) is 0 Å². The molecular formula is C16H30N2O3. The van der Waals surface area contributed by atoms with Crippen LogP contribution < -0.4 is 5.32 Å². The molecule has 2 fully saturated rings. The first-order valence-corrected chi connectivity index (χ1v) is 8.24. The highest BCUT2D eigenvalue weighted by atomic mass is 16.6. The van der Waals surface area contributed by atoms with Gasteiger partial charge in [-0.25, -0.2) is 4.79 Å². The molecule has 5 nitrogen and oxygen atoms in total. The minimum absolute atomic E-state index is 0.199. The van der Waals surface area contributed by atoms with Crippen LogP contribution in [0.1, 0.15) is 52.9 Å². The van der Waals surface area contributed by atoms with Crippen LogP contribution in [0.3, 0.4) is 0 Å². The van der Waals surface area contributed by atoms with Crippen molar-refractivity contribution in [3.05, 3.63) is 0 Å². The Kier molecular flexibility index (Phi) is 5.49. The molecule has 0 aromatic heterocycles. The third-order valence-electron chi connectivity index (χ3n) is 4.23. The fraction of sp³-hybridized carbons (Fsp3) is 0.938. The third kappa shape index (κ3) is 5.47. The summed E-state index contributed by atoms with van der Waals surface area (Å²) in [6.45, 7) is 7.44. The molecule has 21 heavy (non-hydrogen) atoms. The van der Waals surface area contributed by atoms with E-state index in [0.717, 1.165) is 32.4 Å². The molecule has 0 radical (unpaired) electrons. The van der Waals surface area contributed by atoms with Crippen molar-refractivity contribution in [3.8, 4) is 0 Å². The molecule has 0 aromatic rings. The van der Waals surface area contributed by atoms with E-state index in [2.05, 4.69) is 5.32 Å². The molecule has 1 heterocycles. The molecule has 1 aliphatic heterocycles. The molecule has 0 unspecified atom stereocenters. The van der Waals surface area contributed by atoms with Gasteiger partial charge in [0.25, 0.3) is 0 Å². The fourth-order valence-electron chi connectivity index (χ4n) is 2.96. The van der Waals surface area contributed by atoms with E-state index in [-0.39, 0.29) is 12.7 Å². The molecule has 0 aromatic carbocycles. The van der Waals surface area contributed by atoms with Crippen LogP contribution in [0.4, 0.5) is 4.79 Å². The van der Waals surface area contributed by atoms with Crippen LogP contribution in [0.15, 0.2) is 0 Å². The van der Waals surface area contributed by atoms with E-state index in [1.54, 1.807) is 0 Å². The van der Waals surface area contributed by atoms with E-state index >= 15 is 0 Å². The maximum absolute atomic E-state index is 12.1. The van der Waals surface area contributed by atoms with Gasteiger partial charge in [-0.2, -0.15) is 0 Å². The summed E-state index contributed by atoms with van der Waals surface area (Å²) >= 11 is 0. The van der Waals surface area contributed by atoms with Gasteiger partial charge >= 0.3 is 6.09 Å². The summed E-state index contributed by atoms with van der Waals surface area (Å²) in [6.07, 6.45) is 5.12. The second-order valence-corrected chi connectivity index (χ2v) is 7.36. The largest absolute Gasteiger partial charge is 0.444 e. The monoisotopic (exact) mass is 298 g/mol. The van der Waals surface area contributed by atoms with Gasteiger partial charge in [0.05, 0.1) is 0 Å². The SMILES string of the molecule is CC(C)(C)OC(=O)N1CCC([C@@H](CCO)NC2CC2)CC1. The Morgan fingerprint density at radius 3 is 2.38 bits per heavy atom. The van der Waals surface area contributed by atoms with E-state index in [4.69, 9.17) is 4.74 Å². The van der Waals surface area contributed by atoms with E-state index in [1.165, 1.54) is 12.8 Å². The maximum atomic E-state index is 12.1. The summed E-state index contributed by atoms with van der Waals surface area (Å²) in [5.74, 6) is 0.552. The first kappa shape index (κ1) is 16.6. The summed E-state index contributed by atoms with van der Waals surface area (Å²) in [5.41, 5.74) is -0.430. The van der Waals surface area contributed by atoms with Crippen molar-refractivity contribution in [2.24, 2.45) is 5.92 Å². The van der Waals surface area contributed by atoms with Crippen molar-refractivity contribution in [2.75, 3.05) is 19.7 Å². The zero-order chi connectivity index (χ0) is 15.5. The van der Waals surface area contributed by atoms with Crippen LogP contribution in [-0.4, -0.2) is 53.5 Å². The van der Waals surface area contributed by atoms with E-state index in [9.17, 15) is 9.90 Å². The highest BCUT2D eigenvalue weighted by Gasteiger charge is 2.33. The fourth-order valence-corrected chi connectivity index (χ4v) is 2.96. The van der Waals surface area contributed by atoms with Crippen LogP contribution in [-0.2, 0) is 4.74 Å². The number of aliphatic hydroxyl groups is 1. The van der Waals surface area contributed by atoms with Crippen molar-refractivity contribution >= 4 is 6.09 Å². The molecular weight excluding hydrogens is 268 g/mol. The summed E-state index contributed by atoms with van der Waals surface area (Å²) in [4.78, 5) is 13.9. The molecule has 5 heteroatoms. The van der Waals surface area contributed by atoms with Crippen molar-refractivity contribution in [1.29, 1.82) is 0 Å². The second-order valence-electron chi connectivity index (χ2n) is 7.36. The Labute approximate surface area is 128 Å². The summed E-state index contributed by atoms with van der Waals surface area (Å²) in [5, 5.41) is 12.9. The normalized spacial score (nSPS) is 22.2. The zero-order valence-corrected chi connectivity index (χ0v) is 13.6. The van der Waals surface area contributed by atoms with Gasteiger partial charge < -0.3 is 20.1 Å². The number of carbonyl (C=O) groups is 1. The van der Waals surface area contributed by atoms with Gasteiger partial charge in [0.15, 0.2) is 0 Å². The minimum Gasteiger partial charge on any atom is -0.444 e. The van der Waals surface area contributed by atoms with Gasteiger partial charge in [0.1, 0.15) is 5.60 Å². The molecule has 122 valence electrons. The van der Waals surface area contributed by atoms with Crippen LogP contribution >= 0.6 is 0 Å². The number of piperidine rings is 1. The standard InChI is InChI=1S/C16H30N2O3/c1-16(2,3)21-15(20)18-9-6-12(7-10-18)14(8-11-19)17-13-4-5-13/h12-14,17,19H,4-11H2,1-3H3/t14-/m1/s1. The Morgan fingerprint density at radius 2 is 1.90 bits per heavy atom. The van der Waals surface area contributed by atoms with Crippen LogP contribution in [0.2, 0.25) is 0 Å². The van der Waals surface area contributed by atoms with E-state index in [0.29, 0.717) is 18.0 Å². The second kappa shape index (κ2) is 6.97. The van der Waals surface area contributed by atoms with Gasteiger partial charge in [0, 0.05) is 31.8 Å². The molecule has 0 bridgehead atoms. The maximum Gasteiger partial charge on any atom is 0.410 e. The number of nitrogens with zero attached hydrogens (tertiary/aromatic N) is 1. The number of aliphatic hydroxyl groups excluding tert-OH is 1. The van der Waals surface area contributed by atoms with Crippen molar-refractivity contribution in [3.63, 3.8) is 0 Å². The average Bonchev–Trinajstić information content (AvgIpc) is 3.20. The number of nitrogens with one attached hydrogen (secondary N) is 1. The predicted octanol–water partition coefficient (Wildman–Crippen LogP) is 2.14. The average molecular weight is 298 g/mol. The van der Waals surface area contributed by atoms with Gasteiger partial charge in [-0.1, -0.05) is 0 Å². The number of hydrogen-bond acceptors (Lipinski definition) is 4. The molecule has 2 N–H and O–H groups in total. The Balaban J connectivity index is 1.79. The van der Waals surface area contributed by atoms with E-state index in [1.807, 2.05) is 25.7 Å². The molecule has 1 amide bonds. The first-order chi connectivity index (χ1) is 9.89. The number of hydrogen-bond donors (Lipinski definition) is 2. The Hall–Kier alpha value is -0.810. The number of amides is 1. The Bertz CT molecular complexity index is 342. The number of rotatable bonds is 5. The van der Waals surface area contributed by atoms with Gasteiger partial charge in [-0.3, -0.25) is 0 Å². The molecule has 0 spiro atoms. The van der Waals surface area contributed by atoms with Gasteiger partial charge in [-0.15, -0.1) is 0 Å². The quantitative estimate of drug-likeness (QED) is 0.816. The topological polar surface area (TPSA) is 61.8 Å². The van der Waals surface area contributed by atoms with Gasteiger partial charge in [0.2, 0.25) is 0 Å². The van der Waals surface area contributed by atoms with Crippen LogP contribution in [0, 0.1) is 5.92 Å². The summed E-state index contributed by atoms with van der Waals surface area (Å²) < 4.78 is 5.43. The molecule has 1 saturated heterocycles. The number of carbonyl (C=O) groups excluding carboxylic acids is 1. The van der Waals surface area contributed by atoms with E-state index < -0.39 is 5.60 Å². The lowest BCUT2D eigenvalue weighted by molar-refractivity contribution is 0.0164. The molecule has 1 aliphatic carbocycles. The van der Waals surface area contributed by atoms with Crippen molar-refractivity contribution in [1.82, 2.24) is 10.2 Å². The lowest BCUT2D eigenvalue weighted by Gasteiger charge is -2.37. The third-order valence-corrected chi connectivity index (χ3v) is 4.23. The van der Waals surface area contributed by atoms with Gasteiger partial charge in [-0.05, 0) is 58.8 Å². The molecule has 2 aliphatic rings. The predicted molar refractivity (Wildman–Crippen MR) is 82.2 cm³/mol. The highest BCUT2D eigenvalue weighted by molar-refractivity contribution is 5.68. The molecule has 1 atom stereocenters. The van der Waals surface area contributed by atoms with Crippen molar-refractivity contribution in [2.45, 2.75) is 70.6 Å². The smallest absolute Gasteiger partial charge is 0.410 e. The number of ether oxygens (including phenoxy) is 1. The summed E-state index contributed by atoms with van der Waals surface area (Å²) in [7, 11) is 0. The zero-order valence-electron chi connectivity index (χ0n) is 13.6. The van der Waals surface area contributed by atoms with Crippen molar-refractivity contribution < 1.29 is 14.6 Å². The Morgan fingerprint density at radius 1 is 1.29 bits per heavy atom. The first-order valence-electron chi connectivity index (χ1n) is 8.24. The number of likely N-dealkylation sites (tertiary alicyclic amines) is 1.